The molecule has 16 heavy (non-hydrogen) atoms. The molecular weight excluding hydrogens is 202 g/mol. The highest BCUT2D eigenvalue weighted by Crippen LogP contribution is 2.10. The summed E-state index contributed by atoms with van der Waals surface area (Å²) < 4.78 is 5.01. The van der Waals surface area contributed by atoms with E-state index in [0.717, 1.165) is 5.56 Å². The first-order valence-electron chi connectivity index (χ1n) is 5.58. The third kappa shape index (κ3) is 2.61. The molecule has 0 bridgehead atoms. The molecule has 1 amide bonds. The van der Waals surface area contributed by atoms with Gasteiger partial charge in [-0.1, -0.05) is 18.2 Å². The quantitative estimate of drug-likeness (QED) is 0.833. The van der Waals surface area contributed by atoms with Crippen molar-refractivity contribution in [1.82, 2.24) is 5.32 Å². The van der Waals surface area contributed by atoms with Gasteiger partial charge in [0, 0.05) is 0 Å². The summed E-state index contributed by atoms with van der Waals surface area (Å²) in [4.78, 5) is 11.6. The van der Waals surface area contributed by atoms with E-state index >= 15 is 0 Å². The van der Waals surface area contributed by atoms with Crippen molar-refractivity contribution in [3.63, 3.8) is 0 Å². The molecule has 1 aliphatic heterocycles. The summed E-state index contributed by atoms with van der Waals surface area (Å²) in [6.07, 6.45) is 0.456. The minimum Gasteiger partial charge on any atom is -0.377 e. The second kappa shape index (κ2) is 4.66. The molecule has 1 heterocycles. The van der Waals surface area contributed by atoms with E-state index in [1.807, 2.05) is 6.07 Å². The highest BCUT2D eigenvalue weighted by molar-refractivity contribution is 5.79. The first-order chi connectivity index (χ1) is 7.65. The molecule has 2 rings (SSSR count). The van der Waals surface area contributed by atoms with Crippen LogP contribution in [0.3, 0.4) is 0 Å². The molecule has 1 aromatic carbocycles. The molecule has 0 unspecified atom stereocenters. The van der Waals surface area contributed by atoms with Crippen molar-refractivity contribution in [3.8, 4) is 0 Å². The SMILES string of the molecule is Cc1ccc(CC(=O)NC2COC2)cc1C. The number of hydrogen-bond acceptors (Lipinski definition) is 2. The molecule has 1 fully saturated rings. The Balaban J connectivity index is 1.92. The first kappa shape index (κ1) is 11.1. The number of aryl methyl sites for hydroxylation is 2. The Hall–Kier alpha value is -1.35. The lowest BCUT2D eigenvalue weighted by molar-refractivity contribution is -0.124. The van der Waals surface area contributed by atoms with E-state index in [4.69, 9.17) is 4.74 Å². The maximum absolute atomic E-state index is 11.6. The van der Waals surface area contributed by atoms with Crippen molar-refractivity contribution in [3.05, 3.63) is 34.9 Å². The van der Waals surface area contributed by atoms with Gasteiger partial charge in [0.2, 0.25) is 5.91 Å². The maximum Gasteiger partial charge on any atom is 0.224 e. The Morgan fingerprint density at radius 2 is 2.12 bits per heavy atom. The number of nitrogens with one attached hydrogen (secondary N) is 1. The standard InChI is InChI=1S/C13H17NO2/c1-9-3-4-11(5-10(9)2)6-13(15)14-12-7-16-8-12/h3-5,12H,6-8H2,1-2H3,(H,14,15). The molecule has 1 N–H and O–H groups in total. The molecule has 3 heteroatoms. The van der Waals surface area contributed by atoms with E-state index in [1.165, 1.54) is 11.1 Å². The third-order valence-electron chi connectivity index (χ3n) is 2.94. The van der Waals surface area contributed by atoms with E-state index in [2.05, 4.69) is 31.3 Å². The predicted molar refractivity (Wildman–Crippen MR) is 62.4 cm³/mol. The summed E-state index contributed by atoms with van der Waals surface area (Å²) >= 11 is 0. The summed E-state index contributed by atoms with van der Waals surface area (Å²) in [5.41, 5.74) is 3.56. The highest BCUT2D eigenvalue weighted by atomic mass is 16.5. The van der Waals surface area contributed by atoms with Gasteiger partial charge in [0.1, 0.15) is 0 Å². The lowest BCUT2D eigenvalue weighted by atomic mass is 10.0. The van der Waals surface area contributed by atoms with E-state index in [9.17, 15) is 4.79 Å². The molecule has 0 radical (unpaired) electrons. The number of ether oxygens (including phenoxy) is 1. The van der Waals surface area contributed by atoms with Crippen LogP contribution in [-0.2, 0) is 16.0 Å². The molecule has 0 aromatic heterocycles. The molecule has 0 saturated carbocycles. The van der Waals surface area contributed by atoms with E-state index in [-0.39, 0.29) is 11.9 Å². The highest BCUT2D eigenvalue weighted by Gasteiger charge is 2.20. The predicted octanol–water partition coefficient (Wildman–Crippen LogP) is 1.36. The monoisotopic (exact) mass is 219 g/mol. The van der Waals surface area contributed by atoms with Crippen molar-refractivity contribution in [2.45, 2.75) is 26.3 Å². The van der Waals surface area contributed by atoms with Crippen molar-refractivity contribution in [1.29, 1.82) is 0 Å². The molecule has 1 aliphatic rings. The molecule has 1 aromatic rings. The van der Waals surface area contributed by atoms with Crippen molar-refractivity contribution in [2.75, 3.05) is 13.2 Å². The van der Waals surface area contributed by atoms with Gasteiger partial charge in [-0.15, -0.1) is 0 Å². The van der Waals surface area contributed by atoms with Gasteiger partial charge in [-0.05, 0) is 30.5 Å². The Bertz CT molecular complexity index is 397. The summed E-state index contributed by atoms with van der Waals surface area (Å²) in [5, 5.41) is 2.93. The number of carbonyl (C=O) groups excluding carboxylic acids is 1. The Morgan fingerprint density at radius 1 is 1.38 bits per heavy atom. The summed E-state index contributed by atoms with van der Waals surface area (Å²) in [6, 6.07) is 6.37. The largest absolute Gasteiger partial charge is 0.377 e. The summed E-state index contributed by atoms with van der Waals surface area (Å²) in [5.74, 6) is 0.0801. The van der Waals surface area contributed by atoms with Gasteiger partial charge in [0.25, 0.3) is 0 Å². The lowest BCUT2D eigenvalue weighted by Crippen LogP contribution is -2.49. The van der Waals surface area contributed by atoms with Crippen LogP contribution < -0.4 is 5.32 Å². The third-order valence-corrected chi connectivity index (χ3v) is 2.94. The molecule has 1 saturated heterocycles. The zero-order valence-electron chi connectivity index (χ0n) is 9.75. The van der Waals surface area contributed by atoms with Gasteiger partial charge in [-0.2, -0.15) is 0 Å². The molecular formula is C13H17NO2. The van der Waals surface area contributed by atoms with E-state index < -0.39 is 0 Å². The number of carbonyl (C=O) groups is 1. The average Bonchev–Trinajstić information content (AvgIpc) is 2.18. The topological polar surface area (TPSA) is 38.3 Å². The van der Waals surface area contributed by atoms with Gasteiger partial charge in [-0.25, -0.2) is 0 Å². The van der Waals surface area contributed by atoms with Crippen LogP contribution in [0.4, 0.5) is 0 Å². The van der Waals surface area contributed by atoms with Gasteiger partial charge in [0.15, 0.2) is 0 Å². The van der Waals surface area contributed by atoms with Crippen LogP contribution in [0.1, 0.15) is 16.7 Å². The van der Waals surface area contributed by atoms with Crippen molar-refractivity contribution in [2.24, 2.45) is 0 Å². The van der Waals surface area contributed by atoms with Crippen molar-refractivity contribution >= 4 is 5.91 Å². The Morgan fingerprint density at radius 3 is 2.69 bits per heavy atom. The minimum atomic E-state index is 0.0801. The summed E-state index contributed by atoms with van der Waals surface area (Å²) in [7, 11) is 0. The Kier molecular flexibility index (Phi) is 3.25. The van der Waals surface area contributed by atoms with Gasteiger partial charge in [-0.3, -0.25) is 4.79 Å². The molecule has 86 valence electrons. The average molecular weight is 219 g/mol. The smallest absolute Gasteiger partial charge is 0.224 e. The zero-order chi connectivity index (χ0) is 11.5. The van der Waals surface area contributed by atoms with Gasteiger partial charge >= 0.3 is 0 Å². The molecule has 0 atom stereocenters. The fourth-order valence-electron chi connectivity index (χ4n) is 1.70. The second-order valence-electron chi connectivity index (χ2n) is 4.40. The fraction of sp³-hybridized carbons (Fsp3) is 0.462. The maximum atomic E-state index is 11.6. The number of benzene rings is 1. The number of amides is 1. The Labute approximate surface area is 95.8 Å². The normalized spacial score (nSPS) is 15.6. The minimum absolute atomic E-state index is 0.0801. The van der Waals surface area contributed by atoms with Crippen LogP contribution in [0.5, 0.6) is 0 Å². The van der Waals surface area contributed by atoms with Crippen LogP contribution >= 0.6 is 0 Å². The zero-order valence-corrected chi connectivity index (χ0v) is 9.75. The van der Waals surface area contributed by atoms with Crippen LogP contribution in [0.15, 0.2) is 18.2 Å². The van der Waals surface area contributed by atoms with Crippen molar-refractivity contribution < 1.29 is 9.53 Å². The van der Waals surface area contributed by atoms with Crippen LogP contribution in [0.25, 0.3) is 0 Å². The van der Waals surface area contributed by atoms with Crippen LogP contribution in [0, 0.1) is 13.8 Å². The number of rotatable bonds is 3. The summed E-state index contributed by atoms with van der Waals surface area (Å²) in [6.45, 7) is 5.44. The number of hydrogen-bond donors (Lipinski definition) is 1. The first-order valence-corrected chi connectivity index (χ1v) is 5.58. The van der Waals surface area contributed by atoms with Crippen LogP contribution in [0.2, 0.25) is 0 Å². The van der Waals surface area contributed by atoms with E-state index in [1.54, 1.807) is 0 Å². The lowest BCUT2D eigenvalue weighted by Gasteiger charge is -2.26. The fourth-order valence-corrected chi connectivity index (χ4v) is 1.70. The van der Waals surface area contributed by atoms with E-state index in [0.29, 0.717) is 19.6 Å². The molecule has 0 aliphatic carbocycles. The van der Waals surface area contributed by atoms with Gasteiger partial charge < -0.3 is 10.1 Å². The van der Waals surface area contributed by atoms with Gasteiger partial charge in [0.05, 0.1) is 25.7 Å². The molecule has 0 spiro atoms. The van der Waals surface area contributed by atoms with Crippen LogP contribution in [-0.4, -0.2) is 25.2 Å². The second-order valence-corrected chi connectivity index (χ2v) is 4.40. The molecule has 3 nitrogen and oxygen atoms in total.